The number of aromatic nitrogens is 4. The van der Waals surface area contributed by atoms with E-state index in [0.29, 0.717) is 29.8 Å². The third-order valence-electron chi connectivity index (χ3n) is 4.42. The number of hydrogen-bond acceptors (Lipinski definition) is 7. The van der Waals surface area contributed by atoms with Gasteiger partial charge in [-0.1, -0.05) is 24.4 Å². The molecule has 0 amide bonds. The monoisotopic (exact) mass is 303 g/mol. The van der Waals surface area contributed by atoms with Crippen LogP contribution >= 0.6 is 0 Å². The Morgan fingerprint density at radius 3 is 2.82 bits per heavy atom. The van der Waals surface area contributed by atoms with Gasteiger partial charge in [-0.05, 0) is 24.8 Å². The molecule has 0 spiro atoms. The number of nitrogens with two attached hydrogens (primary N) is 1. The van der Waals surface area contributed by atoms with Crippen molar-refractivity contribution in [2.24, 2.45) is 11.1 Å². The zero-order valence-corrected chi connectivity index (χ0v) is 12.8. The molecule has 118 valence electrons. The molecule has 0 unspecified atom stereocenters. The topological polar surface area (TPSA) is 100.0 Å². The highest BCUT2D eigenvalue weighted by Crippen LogP contribution is 2.38. The molecule has 2 heterocycles. The van der Waals surface area contributed by atoms with Gasteiger partial charge in [0.15, 0.2) is 0 Å². The predicted octanol–water partition coefficient (Wildman–Crippen LogP) is 1.99. The molecule has 7 heteroatoms. The molecular formula is C15H21N5O2. The summed E-state index contributed by atoms with van der Waals surface area (Å²) in [5, 5.41) is 4.02. The Hall–Kier alpha value is -2.02. The molecule has 1 aliphatic carbocycles. The summed E-state index contributed by atoms with van der Waals surface area (Å²) in [4.78, 5) is 12.6. The Morgan fingerprint density at radius 2 is 2.09 bits per heavy atom. The molecule has 1 saturated carbocycles. The molecule has 22 heavy (non-hydrogen) atoms. The van der Waals surface area contributed by atoms with Gasteiger partial charge in [-0.2, -0.15) is 4.98 Å². The average molecular weight is 303 g/mol. The van der Waals surface area contributed by atoms with Gasteiger partial charge in [0.25, 0.3) is 0 Å². The highest BCUT2D eigenvalue weighted by molar-refractivity contribution is 5.49. The summed E-state index contributed by atoms with van der Waals surface area (Å²) in [6.07, 6.45) is 8.15. The van der Waals surface area contributed by atoms with Crippen LogP contribution in [-0.2, 0) is 6.42 Å². The molecule has 2 N–H and O–H groups in total. The van der Waals surface area contributed by atoms with E-state index in [1.165, 1.54) is 25.6 Å². The summed E-state index contributed by atoms with van der Waals surface area (Å²) >= 11 is 0. The second-order valence-corrected chi connectivity index (χ2v) is 5.90. The number of hydrogen-bond donors (Lipinski definition) is 1. The van der Waals surface area contributed by atoms with Gasteiger partial charge < -0.3 is 15.0 Å². The van der Waals surface area contributed by atoms with E-state index in [1.807, 2.05) is 0 Å². The van der Waals surface area contributed by atoms with Gasteiger partial charge >= 0.3 is 0 Å². The van der Waals surface area contributed by atoms with Crippen LogP contribution in [-0.4, -0.2) is 33.8 Å². The molecule has 1 fully saturated rings. The van der Waals surface area contributed by atoms with Crippen LogP contribution in [0.1, 0.15) is 38.0 Å². The summed E-state index contributed by atoms with van der Waals surface area (Å²) < 4.78 is 10.5. The van der Waals surface area contributed by atoms with Crippen LogP contribution in [0.4, 0.5) is 0 Å². The first-order valence-corrected chi connectivity index (χ1v) is 7.64. The summed E-state index contributed by atoms with van der Waals surface area (Å²) in [6, 6.07) is 1.69. The van der Waals surface area contributed by atoms with Crippen molar-refractivity contribution in [3.63, 3.8) is 0 Å². The summed E-state index contributed by atoms with van der Waals surface area (Å²) in [5.74, 6) is 1.56. The number of rotatable bonds is 5. The third kappa shape index (κ3) is 3.09. The summed E-state index contributed by atoms with van der Waals surface area (Å²) in [7, 11) is 1.56. The van der Waals surface area contributed by atoms with Crippen LogP contribution in [0.25, 0.3) is 11.5 Å². The molecule has 1 aliphatic rings. The highest BCUT2D eigenvalue weighted by Gasteiger charge is 2.33. The summed E-state index contributed by atoms with van der Waals surface area (Å²) in [5.41, 5.74) is 6.71. The molecule has 0 atom stereocenters. The Kier molecular flexibility index (Phi) is 4.33. The molecule has 2 aromatic heterocycles. The highest BCUT2D eigenvalue weighted by atomic mass is 16.5. The lowest BCUT2D eigenvalue weighted by atomic mass is 9.72. The van der Waals surface area contributed by atoms with Crippen LogP contribution in [0.15, 0.2) is 16.9 Å². The van der Waals surface area contributed by atoms with Crippen molar-refractivity contribution < 1.29 is 9.26 Å². The van der Waals surface area contributed by atoms with Crippen molar-refractivity contribution in [3.05, 3.63) is 18.3 Å². The third-order valence-corrected chi connectivity index (χ3v) is 4.42. The number of nitrogens with zero attached hydrogens (tertiary/aromatic N) is 4. The van der Waals surface area contributed by atoms with Crippen molar-refractivity contribution in [1.82, 2.24) is 20.1 Å². The lowest BCUT2D eigenvalue weighted by Crippen LogP contribution is -2.35. The molecule has 2 aromatic rings. The zero-order chi connectivity index (χ0) is 15.4. The number of methoxy groups -OCH3 is 1. The van der Waals surface area contributed by atoms with Crippen molar-refractivity contribution in [2.75, 3.05) is 13.7 Å². The molecular weight excluding hydrogens is 282 g/mol. The van der Waals surface area contributed by atoms with Gasteiger partial charge in [-0.3, -0.25) is 0 Å². The van der Waals surface area contributed by atoms with E-state index >= 15 is 0 Å². The van der Waals surface area contributed by atoms with Crippen molar-refractivity contribution >= 4 is 0 Å². The molecule has 0 aliphatic heterocycles. The van der Waals surface area contributed by atoms with Gasteiger partial charge in [-0.25, -0.2) is 9.97 Å². The maximum Gasteiger partial charge on any atom is 0.227 e. The van der Waals surface area contributed by atoms with E-state index in [4.69, 9.17) is 15.0 Å². The van der Waals surface area contributed by atoms with Crippen molar-refractivity contribution in [2.45, 2.75) is 38.5 Å². The normalized spacial score (nSPS) is 17.4. The van der Waals surface area contributed by atoms with E-state index in [9.17, 15) is 0 Å². The van der Waals surface area contributed by atoms with Gasteiger partial charge in [0.1, 0.15) is 12.0 Å². The van der Waals surface area contributed by atoms with Crippen LogP contribution in [0.3, 0.4) is 0 Å². The molecule has 3 rings (SSSR count). The average Bonchev–Trinajstić information content (AvgIpc) is 3.04. The fraction of sp³-hybridized carbons (Fsp3) is 0.600. The van der Waals surface area contributed by atoms with Gasteiger partial charge in [0.2, 0.25) is 17.6 Å². The fourth-order valence-electron chi connectivity index (χ4n) is 3.08. The lowest BCUT2D eigenvalue weighted by Gasteiger charge is -2.34. The van der Waals surface area contributed by atoms with E-state index in [1.54, 1.807) is 13.2 Å². The molecule has 0 saturated heterocycles. The van der Waals surface area contributed by atoms with Crippen molar-refractivity contribution in [3.8, 4) is 17.4 Å². The SMILES string of the molecule is COc1cc(-c2noc(CC3(CN)CCCCC3)n2)ncn1. The van der Waals surface area contributed by atoms with E-state index in [-0.39, 0.29) is 5.41 Å². The van der Waals surface area contributed by atoms with Crippen LogP contribution in [0.2, 0.25) is 0 Å². The second-order valence-electron chi connectivity index (χ2n) is 5.90. The zero-order valence-electron chi connectivity index (χ0n) is 12.8. The maximum absolute atomic E-state index is 6.01. The van der Waals surface area contributed by atoms with E-state index in [2.05, 4.69) is 20.1 Å². The van der Waals surface area contributed by atoms with Gasteiger partial charge in [0.05, 0.1) is 7.11 Å². The van der Waals surface area contributed by atoms with E-state index < -0.39 is 0 Å². The van der Waals surface area contributed by atoms with Crippen LogP contribution < -0.4 is 10.5 Å². The van der Waals surface area contributed by atoms with Crippen molar-refractivity contribution in [1.29, 1.82) is 0 Å². The Balaban J connectivity index is 1.78. The minimum Gasteiger partial charge on any atom is -0.481 e. The molecule has 0 bridgehead atoms. The van der Waals surface area contributed by atoms with Gasteiger partial charge in [-0.15, -0.1) is 0 Å². The van der Waals surface area contributed by atoms with Gasteiger partial charge in [0, 0.05) is 12.5 Å². The van der Waals surface area contributed by atoms with Crippen LogP contribution in [0.5, 0.6) is 5.88 Å². The Bertz CT molecular complexity index is 622. The smallest absolute Gasteiger partial charge is 0.227 e. The fourth-order valence-corrected chi connectivity index (χ4v) is 3.08. The lowest BCUT2D eigenvalue weighted by molar-refractivity contribution is 0.177. The van der Waals surface area contributed by atoms with Crippen LogP contribution in [0, 0.1) is 5.41 Å². The molecule has 0 radical (unpaired) electrons. The predicted molar refractivity (Wildman–Crippen MR) is 80.2 cm³/mol. The summed E-state index contributed by atoms with van der Waals surface area (Å²) in [6.45, 7) is 0.659. The molecule has 7 nitrogen and oxygen atoms in total. The largest absolute Gasteiger partial charge is 0.481 e. The minimum atomic E-state index is 0.103. The number of ether oxygens (including phenoxy) is 1. The first kappa shape index (κ1) is 14.9. The second kappa shape index (κ2) is 6.39. The first-order chi connectivity index (χ1) is 10.7. The Labute approximate surface area is 129 Å². The first-order valence-electron chi connectivity index (χ1n) is 7.64. The minimum absolute atomic E-state index is 0.103. The molecule has 0 aromatic carbocycles. The quantitative estimate of drug-likeness (QED) is 0.901. The maximum atomic E-state index is 6.01. The Morgan fingerprint density at radius 1 is 1.27 bits per heavy atom. The standard InChI is InChI=1S/C15H21N5O2/c1-21-12-7-11(17-10-18-12)14-19-13(22-20-14)8-15(9-16)5-3-2-4-6-15/h7,10H,2-6,8-9,16H2,1H3. The van der Waals surface area contributed by atoms with E-state index in [0.717, 1.165) is 19.3 Å².